The Kier molecular flexibility index (Phi) is 5.99. The summed E-state index contributed by atoms with van der Waals surface area (Å²) < 4.78 is 5.76. The fourth-order valence-corrected chi connectivity index (χ4v) is 4.31. The molecular weight excluding hydrogens is 378 g/mol. The van der Waals surface area contributed by atoms with E-state index in [1.54, 1.807) is 0 Å². The predicted octanol–water partition coefficient (Wildman–Crippen LogP) is 2.25. The Bertz CT molecular complexity index is 718. The molecule has 6 nitrogen and oxygen atoms in total. The highest BCUT2D eigenvalue weighted by molar-refractivity contribution is 6.30. The molecule has 0 bridgehead atoms. The van der Waals surface area contributed by atoms with Crippen LogP contribution >= 0.6 is 11.6 Å². The largest absolute Gasteiger partial charge is 0.492 e. The molecule has 0 N–H and O–H groups in total. The van der Waals surface area contributed by atoms with Crippen LogP contribution in [0.15, 0.2) is 36.4 Å². The van der Waals surface area contributed by atoms with E-state index in [1.165, 1.54) is 4.90 Å². The number of carbonyl (C=O) groups excluding carboxylic acids is 2. The van der Waals surface area contributed by atoms with Gasteiger partial charge < -0.3 is 4.74 Å². The van der Waals surface area contributed by atoms with Crippen LogP contribution in [0.3, 0.4) is 0 Å². The molecule has 2 heterocycles. The third kappa shape index (κ3) is 4.24. The third-order valence-corrected chi connectivity index (χ3v) is 6.15. The summed E-state index contributed by atoms with van der Waals surface area (Å²) in [5.41, 5.74) is 0. The summed E-state index contributed by atoms with van der Waals surface area (Å²) in [4.78, 5) is 31.2. The monoisotopic (exact) mass is 403 g/mol. The van der Waals surface area contributed by atoms with Crippen LogP contribution in [0.25, 0.3) is 0 Å². The molecule has 2 aliphatic heterocycles. The van der Waals surface area contributed by atoms with E-state index in [1.807, 2.05) is 36.4 Å². The van der Waals surface area contributed by atoms with Crippen molar-refractivity contribution in [3.63, 3.8) is 0 Å². The van der Waals surface area contributed by atoms with Gasteiger partial charge in [0.15, 0.2) is 0 Å². The summed E-state index contributed by atoms with van der Waals surface area (Å²) in [5, 5.41) is 0.703. The van der Waals surface area contributed by atoms with E-state index in [2.05, 4.69) is 9.80 Å². The first kappa shape index (κ1) is 19.4. The SMILES string of the molecule is O=C1[C@H]2CC=CC[C@H]2C(=O)N1CN1CCN(CCOc2ccc(Cl)cc2)CC1. The Morgan fingerprint density at radius 2 is 1.46 bits per heavy atom. The molecule has 2 atom stereocenters. The van der Waals surface area contributed by atoms with Crippen LogP contribution in [0.2, 0.25) is 5.02 Å². The van der Waals surface area contributed by atoms with E-state index in [0.29, 0.717) is 31.1 Å². The molecule has 3 aliphatic rings. The predicted molar refractivity (Wildman–Crippen MR) is 107 cm³/mol. The lowest BCUT2D eigenvalue weighted by Gasteiger charge is -2.36. The standard InChI is InChI=1S/C21H26ClN3O3/c22-16-5-7-17(8-6-16)28-14-13-23-9-11-24(12-10-23)15-25-20(26)18-3-1-2-4-19(18)21(25)27/h1-2,5-8,18-19H,3-4,9-15H2/t18-,19+. The maximum absolute atomic E-state index is 12.6. The van der Waals surface area contributed by atoms with Gasteiger partial charge in [0.2, 0.25) is 11.8 Å². The number of benzene rings is 1. The van der Waals surface area contributed by atoms with Crippen molar-refractivity contribution >= 4 is 23.4 Å². The smallest absolute Gasteiger partial charge is 0.234 e. The van der Waals surface area contributed by atoms with Gasteiger partial charge in [-0.05, 0) is 37.1 Å². The number of hydrogen-bond acceptors (Lipinski definition) is 5. The van der Waals surface area contributed by atoms with Crippen molar-refractivity contribution in [2.45, 2.75) is 12.8 Å². The normalized spacial score (nSPS) is 26.0. The number of halogens is 1. The van der Waals surface area contributed by atoms with E-state index in [0.717, 1.165) is 38.5 Å². The number of amides is 2. The lowest BCUT2D eigenvalue weighted by atomic mass is 9.85. The molecule has 1 aliphatic carbocycles. The van der Waals surface area contributed by atoms with Gasteiger partial charge in [0, 0.05) is 37.7 Å². The number of allylic oxidation sites excluding steroid dienone is 2. The molecule has 7 heteroatoms. The van der Waals surface area contributed by atoms with Gasteiger partial charge in [-0.3, -0.25) is 24.3 Å². The topological polar surface area (TPSA) is 53.1 Å². The van der Waals surface area contributed by atoms with Crippen molar-refractivity contribution in [1.82, 2.24) is 14.7 Å². The number of carbonyl (C=O) groups is 2. The minimum Gasteiger partial charge on any atom is -0.492 e. The van der Waals surface area contributed by atoms with Crippen LogP contribution in [0, 0.1) is 11.8 Å². The summed E-state index contributed by atoms with van der Waals surface area (Å²) in [6, 6.07) is 7.39. The van der Waals surface area contributed by atoms with E-state index >= 15 is 0 Å². The van der Waals surface area contributed by atoms with Crippen molar-refractivity contribution in [1.29, 1.82) is 0 Å². The first-order chi connectivity index (χ1) is 13.6. The zero-order valence-corrected chi connectivity index (χ0v) is 16.7. The second-order valence-corrected chi connectivity index (χ2v) is 8.10. The van der Waals surface area contributed by atoms with E-state index < -0.39 is 0 Å². The Hall–Kier alpha value is -1.89. The molecule has 1 aromatic carbocycles. The van der Waals surface area contributed by atoms with Gasteiger partial charge in [0.05, 0.1) is 18.5 Å². The number of likely N-dealkylation sites (tertiary alicyclic amines) is 1. The van der Waals surface area contributed by atoms with Crippen LogP contribution in [0.5, 0.6) is 5.75 Å². The number of rotatable bonds is 6. The number of hydrogen-bond donors (Lipinski definition) is 0. The van der Waals surface area contributed by atoms with Crippen molar-refractivity contribution in [3.05, 3.63) is 41.4 Å². The van der Waals surface area contributed by atoms with Crippen LogP contribution in [0.1, 0.15) is 12.8 Å². The summed E-state index contributed by atoms with van der Waals surface area (Å²) >= 11 is 5.88. The number of imide groups is 1. The summed E-state index contributed by atoms with van der Waals surface area (Å²) in [7, 11) is 0. The number of ether oxygens (including phenoxy) is 1. The van der Waals surface area contributed by atoms with Gasteiger partial charge in [-0.2, -0.15) is 0 Å². The molecule has 2 fully saturated rings. The Morgan fingerprint density at radius 1 is 0.893 bits per heavy atom. The second kappa shape index (κ2) is 8.64. The molecule has 0 unspecified atom stereocenters. The van der Waals surface area contributed by atoms with Crippen LogP contribution < -0.4 is 4.74 Å². The van der Waals surface area contributed by atoms with Gasteiger partial charge in [-0.1, -0.05) is 23.8 Å². The van der Waals surface area contributed by atoms with Crippen LogP contribution in [0.4, 0.5) is 0 Å². The molecule has 28 heavy (non-hydrogen) atoms. The van der Waals surface area contributed by atoms with Crippen LogP contribution in [-0.4, -0.2) is 72.5 Å². The van der Waals surface area contributed by atoms with Gasteiger partial charge in [-0.25, -0.2) is 0 Å². The molecule has 2 amide bonds. The molecule has 1 aromatic rings. The highest BCUT2D eigenvalue weighted by Crippen LogP contribution is 2.35. The molecule has 4 rings (SSSR count). The molecule has 0 radical (unpaired) electrons. The highest BCUT2D eigenvalue weighted by atomic mass is 35.5. The average molecular weight is 404 g/mol. The summed E-state index contributed by atoms with van der Waals surface area (Å²) in [6.07, 6.45) is 5.46. The Balaban J connectivity index is 1.20. The minimum absolute atomic E-state index is 0.0122. The maximum Gasteiger partial charge on any atom is 0.234 e. The van der Waals surface area contributed by atoms with Gasteiger partial charge in [-0.15, -0.1) is 0 Å². The lowest BCUT2D eigenvalue weighted by Crippen LogP contribution is -2.51. The van der Waals surface area contributed by atoms with Crippen molar-refractivity contribution in [2.75, 3.05) is 46.0 Å². The van der Waals surface area contributed by atoms with Crippen molar-refractivity contribution < 1.29 is 14.3 Å². The van der Waals surface area contributed by atoms with Crippen molar-refractivity contribution in [3.8, 4) is 5.75 Å². The zero-order chi connectivity index (χ0) is 19.5. The fraction of sp³-hybridized carbons (Fsp3) is 0.524. The van der Waals surface area contributed by atoms with E-state index in [9.17, 15) is 9.59 Å². The molecule has 0 saturated carbocycles. The summed E-state index contributed by atoms with van der Waals surface area (Å²) in [5.74, 6) is 0.578. The first-order valence-corrected chi connectivity index (χ1v) is 10.3. The third-order valence-electron chi connectivity index (χ3n) is 5.90. The molecule has 2 saturated heterocycles. The quantitative estimate of drug-likeness (QED) is 0.538. The Labute approximate surface area is 170 Å². The van der Waals surface area contributed by atoms with E-state index in [4.69, 9.17) is 16.3 Å². The molecule has 0 aromatic heterocycles. The fourth-order valence-electron chi connectivity index (χ4n) is 4.19. The number of fused-ring (bicyclic) bond motifs is 1. The maximum atomic E-state index is 12.6. The Morgan fingerprint density at radius 3 is 2.07 bits per heavy atom. The van der Waals surface area contributed by atoms with Crippen LogP contribution in [-0.2, 0) is 9.59 Å². The lowest BCUT2D eigenvalue weighted by molar-refractivity contribution is -0.142. The van der Waals surface area contributed by atoms with Gasteiger partial charge in [0.25, 0.3) is 0 Å². The van der Waals surface area contributed by atoms with Crippen molar-refractivity contribution in [2.24, 2.45) is 11.8 Å². The molecule has 0 spiro atoms. The number of piperazine rings is 1. The van der Waals surface area contributed by atoms with Gasteiger partial charge in [0.1, 0.15) is 12.4 Å². The van der Waals surface area contributed by atoms with Gasteiger partial charge >= 0.3 is 0 Å². The summed E-state index contributed by atoms with van der Waals surface area (Å²) in [6.45, 7) is 5.44. The second-order valence-electron chi connectivity index (χ2n) is 7.66. The molecular formula is C21H26ClN3O3. The molecule has 150 valence electrons. The number of nitrogens with zero attached hydrogens (tertiary/aromatic N) is 3. The average Bonchev–Trinajstić information content (AvgIpc) is 2.96. The zero-order valence-electron chi connectivity index (χ0n) is 15.9. The highest BCUT2D eigenvalue weighted by Gasteiger charge is 2.47. The van der Waals surface area contributed by atoms with E-state index in [-0.39, 0.29) is 23.7 Å². The first-order valence-electron chi connectivity index (χ1n) is 9.95. The minimum atomic E-state index is -0.135.